The SMILES string of the molecule is NCCCCOC(=O)CN. The summed E-state index contributed by atoms with van der Waals surface area (Å²) in [4.78, 5) is 10.4. The van der Waals surface area contributed by atoms with E-state index in [4.69, 9.17) is 11.5 Å². The van der Waals surface area contributed by atoms with Crippen molar-refractivity contribution in [3.05, 3.63) is 0 Å². The van der Waals surface area contributed by atoms with Crippen LogP contribution >= 0.6 is 0 Å². The van der Waals surface area contributed by atoms with Crippen molar-refractivity contribution in [1.29, 1.82) is 0 Å². The van der Waals surface area contributed by atoms with Crippen molar-refractivity contribution in [1.82, 2.24) is 0 Å². The van der Waals surface area contributed by atoms with Crippen LogP contribution in [0.2, 0.25) is 0 Å². The van der Waals surface area contributed by atoms with Gasteiger partial charge in [-0.2, -0.15) is 0 Å². The molecule has 0 aliphatic rings. The first-order valence-corrected chi connectivity index (χ1v) is 3.37. The van der Waals surface area contributed by atoms with Crippen molar-refractivity contribution in [3.63, 3.8) is 0 Å². The van der Waals surface area contributed by atoms with E-state index in [-0.39, 0.29) is 12.5 Å². The molecule has 0 radical (unpaired) electrons. The Morgan fingerprint density at radius 2 is 2.00 bits per heavy atom. The molecule has 0 aromatic carbocycles. The molecular formula is C6H14N2O2. The first kappa shape index (κ1) is 9.39. The molecule has 0 amide bonds. The summed E-state index contributed by atoms with van der Waals surface area (Å²) in [5, 5.41) is 0. The van der Waals surface area contributed by atoms with E-state index in [1.165, 1.54) is 0 Å². The number of nitrogens with two attached hydrogens (primary N) is 2. The smallest absolute Gasteiger partial charge is 0.319 e. The third-order valence-electron chi connectivity index (χ3n) is 1.03. The fraction of sp³-hybridized carbons (Fsp3) is 0.833. The van der Waals surface area contributed by atoms with Gasteiger partial charge in [-0.25, -0.2) is 0 Å². The van der Waals surface area contributed by atoms with Gasteiger partial charge in [-0.15, -0.1) is 0 Å². The van der Waals surface area contributed by atoms with Crippen LogP contribution in [0.25, 0.3) is 0 Å². The van der Waals surface area contributed by atoms with Gasteiger partial charge in [0.2, 0.25) is 0 Å². The quantitative estimate of drug-likeness (QED) is 0.394. The second kappa shape index (κ2) is 6.51. The lowest BCUT2D eigenvalue weighted by Crippen LogP contribution is -2.17. The number of esters is 1. The summed E-state index contributed by atoms with van der Waals surface area (Å²) in [5.41, 5.74) is 10.2. The molecule has 4 N–H and O–H groups in total. The second-order valence-corrected chi connectivity index (χ2v) is 1.92. The zero-order valence-electron chi connectivity index (χ0n) is 6.01. The zero-order chi connectivity index (χ0) is 7.82. The average molecular weight is 146 g/mol. The van der Waals surface area contributed by atoms with Gasteiger partial charge in [0.1, 0.15) is 0 Å². The van der Waals surface area contributed by atoms with Gasteiger partial charge < -0.3 is 16.2 Å². The lowest BCUT2D eigenvalue weighted by molar-refractivity contribution is -0.142. The van der Waals surface area contributed by atoms with E-state index in [1.54, 1.807) is 0 Å². The number of ether oxygens (including phenoxy) is 1. The summed E-state index contributed by atoms with van der Waals surface area (Å²) < 4.78 is 4.67. The predicted octanol–water partition coefficient (Wildman–Crippen LogP) is -0.773. The summed E-state index contributed by atoms with van der Waals surface area (Å²) in [6, 6.07) is 0. The van der Waals surface area contributed by atoms with Gasteiger partial charge in [0.25, 0.3) is 0 Å². The first-order chi connectivity index (χ1) is 4.81. The minimum Gasteiger partial charge on any atom is -0.465 e. The van der Waals surface area contributed by atoms with Crippen molar-refractivity contribution < 1.29 is 9.53 Å². The largest absolute Gasteiger partial charge is 0.465 e. The predicted molar refractivity (Wildman–Crippen MR) is 38.3 cm³/mol. The molecule has 0 aromatic heterocycles. The van der Waals surface area contributed by atoms with Crippen LogP contribution in [0, 0.1) is 0 Å². The van der Waals surface area contributed by atoms with E-state index in [0.29, 0.717) is 13.2 Å². The van der Waals surface area contributed by atoms with Gasteiger partial charge in [-0.1, -0.05) is 0 Å². The van der Waals surface area contributed by atoms with Crippen LogP contribution in [0.1, 0.15) is 12.8 Å². The summed E-state index contributed by atoms with van der Waals surface area (Å²) in [6.07, 6.45) is 1.71. The molecule has 0 aromatic rings. The molecule has 4 heteroatoms. The van der Waals surface area contributed by atoms with Crippen molar-refractivity contribution in [2.45, 2.75) is 12.8 Å². The van der Waals surface area contributed by atoms with Crippen LogP contribution in [-0.2, 0) is 9.53 Å². The van der Waals surface area contributed by atoms with Crippen molar-refractivity contribution in [2.75, 3.05) is 19.7 Å². The van der Waals surface area contributed by atoms with E-state index in [0.717, 1.165) is 12.8 Å². The van der Waals surface area contributed by atoms with Gasteiger partial charge in [0, 0.05) is 0 Å². The Labute approximate surface area is 60.5 Å². The fourth-order valence-electron chi connectivity index (χ4n) is 0.491. The number of hydrogen-bond acceptors (Lipinski definition) is 4. The molecule has 0 atom stereocenters. The van der Waals surface area contributed by atoms with Crippen molar-refractivity contribution >= 4 is 5.97 Å². The minimum atomic E-state index is -0.350. The standard InChI is InChI=1S/C6H14N2O2/c7-3-1-2-4-10-6(9)5-8/h1-5,7-8H2. The number of carbonyl (C=O) groups excluding carboxylic acids is 1. The molecule has 0 aliphatic carbocycles. The number of carbonyl (C=O) groups is 1. The monoisotopic (exact) mass is 146 g/mol. The maximum absolute atomic E-state index is 10.4. The molecule has 0 rings (SSSR count). The van der Waals surface area contributed by atoms with E-state index in [2.05, 4.69) is 4.74 Å². The van der Waals surface area contributed by atoms with Crippen LogP contribution in [0.15, 0.2) is 0 Å². The molecule has 0 spiro atoms. The van der Waals surface area contributed by atoms with Crippen LogP contribution in [0.5, 0.6) is 0 Å². The molecule has 10 heavy (non-hydrogen) atoms. The summed E-state index contributed by atoms with van der Waals surface area (Å²) in [5.74, 6) is -0.350. The highest BCUT2D eigenvalue weighted by Gasteiger charge is 1.95. The third kappa shape index (κ3) is 5.53. The van der Waals surface area contributed by atoms with Gasteiger partial charge in [-0.3, -0.25) is 4.79 Å². The maximum atomic E-state index is 10.4. The van der Waals surface area contributed by atoms with Gasteiger partial charge >= 0.3 is 5.97 Å². The van der Waals surface area contributed by atoms with E-state index in [1.807, 2.05) is 0 Å². The van der Waals surface area contributed by atoms with Gasteiger partial charge in [0.05, 0.1) is 13.2 Å². The molecule has 0 aliphatic heterocycles. The molecule has 0 saturated heterocycles. The van der Waals surface area contributed by atoms with E-state index < -0.39 is 0 Å². The Morgan fingerprint density at radius 1 is 1.30 bits per heavy atom. The molecule has 4 nitrogen and oxygen atoms in total. The normalized spacial score (nSPS) is 9.40. The Kier molecular flexibility index (Phi) is 6.11. The molecule has 0 heterocycles. The van der Waals surface area contributed by atoms with Crippen molar-refractivity contribution in [2.24, 2.45) is 11.5 Å². The van der Waals surface area contributed by atoms with Crippen LogP contribution in [-0.4, -0.2) is 25.7 Å². The minimum absolute atomic E-state index is 0.0391. The van der Waals surface area contributed by atoms with Crippen molar-refractivity contribution in [3.8, 4) is 0 Å². The van der Waals surface area contributed by atoms with Crippen LogP contribution < -0.4 is 11.5 Å². The number of hydrogen-bond donors (Lipinski definition) is 2. The summed E-state index contributed by atoms with van der Waals surface area (Å²) in [6.45, 7) is 1.04. The topological polar surface area (TPSA) is 78.3 Å². The second-order valence-electron chi connectivity index (χ2n) is 1.92. The maximum Gasteiger partial charge on any atom is 0.319 e. The highest BCUT2D eigenvalue weighted by molar-refractivity contribution is 5.71. The Hall–Kier alpha value is -0.610. The van der Waals surface area contributed by atoms with E-state index >= 15 is 0 Å². The van der Waals surface area contributed by atoms with Crippen LogP contribution in [0.4, 0.5) is 0 Å². The Morgan fingerprint density at radius 3 is 2.50 bits per heavy atom. The fourth-order valence-corrected chi connectivity index (χ4v) is 0.491. The molecule has 0 bridgehead atoms. The molecule has 0 unspecified atom stereocenters. The Balaban J connectivity index is 2.96. The first-order valence-electron chi connectivity index (χ1n) is 3.37. The highest BCUT2D eigenvalue weighted by atomic mass is 16.5. The van der Waals surface area contributed by atoms with Gasteiger partial charge in [-0.05, 0) is 19.4 Å². The zero-order valence-corrected chi connectivity index (χ0v) is 6.01. The molecule has 0 saturated carbocycles. The molecular weight excluding hydrogens is 132 g/mol. The summed E-state index contributed by atoms with van der Waals surface area (Å²) >= 11 is 0. The highest BCUT2D eigenvalue weighted by Crippen LogP contribution is 1.86. The van der Waals surface area contributed by atoms with Gasteiger partial charge in [0.15, 0.2) is 0 Å². The lowest BCUT2D eigenvalue weighted by atomic mass is 10.3. The summed E-state index contributed by atoms with van der Waals surface area (Å²) in [7, 11) is 0. The average Bonchev–Trinajstić information content (AvgIpc) is 1.98. The number of rotatable bonds is 5. The third-order valence-corrected chi connectivity index (χ3v) is 1.03. The lowest BCUT2D eigenvalue weighted by Gasteiger charge is -2.00. The van der Waals surface area contributed by atoms with Crippen LogP contribution in [0.3, 0.4) is 0 Å². The van der Waals surface area contributed by atoms with E-state index in [9.17, 15) is 4.79 Å². The molecule has 0 fully saturated rings. The Bertz CT molecular complexity index is 95.7. The number of unbranched alkanes of at least 4 members (excludes halogenated alkanes) is 1. The molecule has 60 valence electrons.